The van der Waals surface area contributed by atoms with Gasteiger partial charge in [-0.3, -0.25) is 4.79 Å². The molecular weight excluding hydrogens is 410 g/mol. The zero-order valence-electron chi connectivity index (χ0n) is 17.7. The molecule has 0 bridgehead atoms. The maximum Gasteiger partial charge on any atom is 0.307 e. The van der Waals surface area contributed by atoms with E-state index in [1.807, 2.05) is 19.9 Å². The molecule has 2 aromatic heterocycles. The highest BCUT2D eigenvalue weighted by Gasteiger charge is 2.24. The number of rotatable bonds is 4. The van der Waals surface area contributed by atoms with E-state index in [2.05, 4.69) is 50.9 Å². The number of carbonyl (C=O) groups is 1. The summed E-state index contributed by atoms with van der Waals surface area (Å²) in [5.74, 6) is 1.06. The van der Waals surface area contributed by atoms with Crippen molar-refractivity contribution in [3.05, 3.63) is 58.7 Å². The molecule has 8 heteroatoms. The fourth-order valence-corrected chi connectivity index (χ4v) is 5.39. The average Bonchev–Trinajstić information content (AvgIpc) is 3.32. The Balaban J connectivity index is 1.65. The zero-order valence-corrected chi connectivity index (χ0v) is 18.5. The molecule has 1 aliphatic heterocycles. The van der Waals surface area contributed by atoms with Crippen LogP contribution in [0.2, 0.25) is 0 Å². The molecule has 7 nitrogen and oxygen atoms in total. The quantitative estimate of drug-likeness (QED) is 0.521. The maximum atomic E-state index is 11.6. The molecule has 3 heterocycles. The third kappa shape index (κ3) is 3.46. The standard InChI is InChI=1S/C23H23N5O2S/c1-13-4-6-16(7-5-13)21-17(11-20(29)30)14(2)10-18-22(21)31-23(24-18)27-8-9-28-15(3)25-26-19(28)12-27/h4-7,10H,8-9,11-12H2,1-3H3,(H,29,30). The van der Waals surface area contributed by atoms with Crippen LogP contribution in [0.25, 0.3) is 21.3 Å². The van der Waals surface area contributed by atoms with Crippen molar-refractivity contribution in [3.8, 4) is 11.1 Å². The second-order valence-corrected chi connectivity index (χ2v) is 9.04. The van der Waals surface area contributed by atoms with Crippen LogP contribution in [0.3, 0.4) is 0 Å². The van der Waals surface area contributed by atoms with Crippen molar-refractivity contribution in [2.24, 2.45) is 0 Å². The number of aromatic nitrogens is 4. The largest absolute Gasteiger partial charge is 0.481 e. The fourth-order valence-electron chi connectivity index (χ4n) is 4.23. The van der Waals surface area contributed by atoms with Gasteiger partial charge in [-0.05, 0) is 43.5 Å². The van der Waals surface area contributed by atoms with Gasteiger partial charge in [0.2, 0.25) is 0 Å². The number of anilines is 1. The Morgan fingerprint density at radius 2 is 1.90 bits per heavy atom. The number of nitrogens with zero attached hydrogens (tertiary/aromatic N) is 5. The van der Waals surface area contributed by atoms with Crippen molar-refractivity contribution in [3.63, 3.8) is 0 Å². The van der Waals surface area contributed by atoms with Gasteiger partial charge >= 0.3 is 5.97 Å². The highest BCUT2D eigenvalue weighted by atomic mass is 32.1. The van der Waals surface area contributed by atoms with Crippen LogP contribution < -0.4 is 4.90 Å². The van der Waals surface area contributed by atoms with Gasteiger partial charge in [0.05, 0.1) is 23.2 Å². The molecule has 2 aromatic carbocycles. The second kappa shape index (κ2) is 7.46. The van der Waals surface area contributed by atoms with Crippen LogP contribution in [0, 0.1) is 20.8 Å². The van der Waals surface area contributed by atoms with Crippen molar-refractivity contribution in [1.29, 1.82) is 0 Å². The Hall–Kier alpha value is -3.26. The Morgan fingerprint density at radius 1 is 1.13 bits per heavy atom. The third-order valence-corrected chi connectivity index (χ3v) is 7.03. The lowest BCUT2D eigenvalue weighted by atomic mass is 9.93. The van der Waals surface area contributed by atoms with Gasteiger partial charge in [0, 0.05) is 18.7 Å². The van der Waals surface area contributed by atoms with Crippen molar-refractivity contribution in [2.75, 3.05) is 11.4 Å². The minimum atomic E-state index is -0.828. The molecule has 0 saturated heterocycles. The van der Waals surface area contributed by atoms with E-state index in [4.69, 9.17) is 4.98 Å². The molecule has 0 radical (unpaired) electrons. The Bertz CT molecular complexity index is 1310. The molecule has 0 spiro atoms. The van der Waals surface area contributed by atoms with Gasteiger partial charge in [0.1, 0.15) is 5.82 Å². The number of fused-ring (bicyclic) bond motifs is 2. The zero-order chi connectivity index (χ0) is 21.7. The number of benzene rings is 2. The van der Waals surface area contributed by atoms with Gasteiger partial charge in [-0.2, -0.15) is 0 Å². The molecule has 31 heavy (non-hydrogen) atoms. The molecule has 4 aromatic rings. The fraction of sp³-hybridized carbons (Fsp3) is 0.304. The first-order valence-electron chi connectivity index (χ1n) is 10.3. The normalized spacial score (nSPS) is 13.6. The lowest BCUT2D eigenvalue weighted by Crippen LogP contribution is -2.34. The van der Waals surface area contributed by atoms with E-state index in [1.165, 1.54) is 5.56 Å². The number of carboxylic acids is 1. The Morgan fingerprint density at radius 3 is 2.65 bits per heavy atom. The number of hydrogen-bond donors (Lipinski definition) is 1. The number of hydrogen-bond acceptors (Lipinski definition) is 6. The Labute approximate surface area is 184 Å². The topological polar surface area (TPSA) is 84.1 Å². The van der Waals surface area contributed by atoms with E-state index in [-0.39, 0.29) is 6.42 Å². The first-order chi connectivity index (χ1) is 14.9. The van der Waals surface area contributed by atoms with E-state index in [9.17, 15) is 9.90 Å². The molecule has 0 saturated carbocycles. The molecule has 5 rings (SSSR count). The second-order valence-electron chi connectivity index (χ2n) is 8.06. The van der Waals surface area contributed by atoms with Crippen LogP contribution in [0.1, 0.15) is 28.3 Å². The minimum Gasteiger partial charge on any atom is -0.481 e. The predicted molar refractivity (Wildman–Crippen MR) is 122 cm³/mol. The first kappa shape index (κ1) is 19.7. The summed E-state index contributed by atoms with van der Waals surface area (Å²) >= 11 is 1.63. The van der Waals surface area contributed by atoms with E-state index in [0.717, 1.165) is 62.3 Å². The number of aliphatic carboxylic acids is 1. The average molecular weight is 434 g/mol. The van der Waals surface area contributed by atoms with Crippen molar-refractivity contribution < 1.29 is 9.90 Å². The van der Waals surface area contributed by atoms with Crippen LogP contribution >= 0.6 is 11.3 Å². The predicted octanol–water partition coefficient (Wildman–Crippen LogP) is 4.13. The summed E-state index contributed by atoms with van der Waals surface area (Å²) in [6.45, 7) is 8.34. The summed E-state index contributed by atoms with van der Waals surface area (Å²) in [5, 5.41) is 19.0. The smallest absolute Gasteiger partial charge is 0.307 e. The monoisotopic (exact) mass is 433 g/mol. The summed E-state index contributed by atoms with van der Waals surface area (Å²) in [4.78, 5) is 18.8. The van der Waals surface area contributed by atoms with Gasteiger partial charge in [0.15, 0.2) is 11.0 Å². The molecule has 0 atom stereocenters. The van der Waals surface area contributed by atoms with E-state index in [0.29, 0.717) is 6.54 Å². The van der Waals surface area contributed by atoms with Crippen LogP contribution in [0.15, 0.2) is 30.3 Å². The van der Waals surface area contributed by atoms with E-state index in [1.54, 1.807) is 11.3 Å². The summed E-state index contributed by atoms with van der Waals surface area (Å²) in [6.07, 6.45) is -0.00961. The number of thiazole rings is 1. The first-order valence-corrected chi connectivity index (χ1v) is 11.1. The number of carboxylic acid groups (broad SMARTS) is 1. The highest BCUT2D eigenvalue weighted by molar-refractivity contribution is 7.22. The molecule has 0 aliphatic carbocycles. The van der Waals surface area contributed by atoms with Gasteiger partial charge < -0.3 is 14.6 Å². The summed E-state index contributed by atoms with van der Waals surface area (Å²) < 4.78 is 3.18. The summed E-state index contributed by atoms with van der Waals surface area (Å²) in [7, 11) is 0. The molecule has 1 aliphatic rings. The molecule has 158 valence electrons. The SMILES string of the molecule is Cc1ccc(-c2c(CC(=O)O)c(C)cc3nc(N4CCn5c(C)nnc5C4)sc23)cc1. The lowest BCUT2D eigenvalue weighted by Gasteiger charge is -2.26. The van der Waals surface area contributed by atoms with Crippen molar-refractivity contribution >= 4 is 32.7 Å². The molecule has 1 N–H and O–H groups in total. The van der Waals surface area contributed by atoms with E-state index < -0.39 is 5.97 Å². The van der Waals surface area contributed by atoms with Gasteiger partial charge in [-0.15, -0.1) is 10.2 Å². The van der Waals surface area contributed by atoms with Gasteiger partial charge in [-0.1, -0.05) is 41.2 Å². The molecular formula is C23H23N5O2S. The van der Waals surface area contributed by atoms with Gasteiger partial charge in [0.25, 0.3) is 0 Å². The van der Waals surface area contributed by atoms with Crippen molar-refractivity contribution in [1.82, 2.24) is 19.7 Å². The van der Waals surface area contributed by atoms with Crippen LogP contribution in [-0.4, -0.2) is 37.4 Å². The molecule has 0 amide bonds. The van der Waals surface area contributed by atoms with Crippen LogP contribution in [0.4, 0.5) is 5.13 Å². The third-order valence-electron chi connectivity index (χ3n) is 5.88. The minimum absolute atomic E-state index is 0.00961. The summed E-state index contributed by atoms with van der Waals surface area (Å²) in [5.41, 5.74) is 5.90. The highest BCUT2D eigenvalue weighted by Crippen LogP contribution is 2.41. The van der Waals surface area contributed by atoms with Gasteiger partial charge in [-0.25, -0.2) is 4.98 Å². The Kier molecular flexibility index (Phi) is 4.74. The summed E-state index contributed by atoms with van der Waals surface area (Å²) in [6, 6.07) is 10.3. The van der Waals surface area contributed by atoms with Crippen LogP contribution in [0.5, 0.6) is 0 Å². The van der Waals surface area contributed by atoms with E-state index >= 15 is 0 Å². The van der Waals surface area contributed by atoms with Crippen molar-refractivity contribution in [2.45, 2.75) is 40.3 Å². The molecule has 0 fully saturated rings. The number of aryl methyl sites for hydroxylation is 3. The van der Waals surface area contributed by atoms with Crippen LogP contribution in [-0.2, 0) is 24.3 Å². The maximum absolute atomic E-state index is 11.6. The lowest BCUT2D eigenvalue weighted by molar-refractivity contribution is -0.136. The molecule has 0 unspecified atom stereocenters.